The van der Waals surface area contributed by atoms with Gasteiger partial charge in [-0.15, -0.1) is 0 Å². The molecule has 0 bridgehead atoms. The second kappa shape index (κ2) is 4.24. The summed E-state index contributed by atoms with van der Waals surface area (Å²) in [6.45, 7) is 2.79. The fourth-order valence-electron chi connectivity index (χ4n) is 1.34. The lowest BCUT2D eigenvalue weighted by molar-refractivity contribution is 0.753. The molecule has 2 heterocycles. The SMILES string of the molecule is CCn1c(-c2ncccc2Br)n[nH]c1=S. The molecule has 0 atom stereocenters. The molecule has 0 aliphatic carbocycles. The van der Waals surface area contributed by atoms with Crippen molar-refractivity contribution in [2.24, 2.45) is 0 Å². The number of aromatic nitrogens is 4. The predicted octanol–water partition coefficient (Wildman–Crippen LogP) is 2.79. The standard InChI is InChI=1S/C9H9BrN4S/c1-2-14-8(12-13-9(14)15)7-6(10)4-3-5-11-7/h3-5H,2H2,1H3,(H,13,15). The van der Waals surface area contributed by atoms with Gasteiger partial charge in [0, 0.05) is 17.2 Å². The normalized spacial score (nSPS) is 10.5. The first kappa shape index (κ1) is 10.5. The Balaban J connectivity index is 2.64. The van der Waals surface area contributed by atoms with Gasteiger partial charge in [0.05, 0.1) is 0 Å². The Morgan fingerprint density at radius 2 is 2.40 bits per heavy atom. The van der Waals surface area contributed by atoms with Crippen molar-refractivity contribution >= 4 is 28.1 Å². The molecule has 1 N–H and O–H groups in total. The van der Waals surface area contributed by atoms with Gasteiger partial charge in [0.2, 0.25) is 0 Å². The van der Waals surface area contributed by atoms with E-state index in [0.29, 0.717) is 4.77 Å². The number of nitrogens with zero attached hydrogens (tertiary/aromatic N) is 3. The van der Waals surface area contributed by atoms with Crippen molar-refractivity contribution in [1.29, 1.82) is 0 Å². The van der Waals surface area contributed by atoms with E-state index in [1.165, 1.54) is 0 Å². The Kier molecular flexibility index (Phi) is 2.97. The van der Waals surface area contributed by atoms with Crippen LogP contribution >= 0.6 is 28.1 Å². The van der Waals surface area contributed by atoms with Gasteiger partial charge in [0.1, 0.15) is 5.69 Å². The van der Waals surface area contributed by atoms with Gasteiger partial charge in [-0.2, -0.15) is 5.10 Å². The predicted molar refractivity (Wildman–Crippen MR) is 64.0 cm³/mol. The molecule has 0 aliphatic heterocycles. The molecule has 15 heavy (non-hydrogen) atoms. The maximum Gasteiger partial charge on any atom is 0.195 e. The van der Waals surface area contributed by atoms with Crippen LogP contribution in [-0.2, 0) is 6.54 Å². The Morgan fingerprint density at radius 3 is 3.07 bits per heavy atom. The molecule has 2 rings (SSSR count). The summed E-state index contributed by atoms with van der Waals surface area (Å²) in [5.41, 5.74) is 0.798. The monoisotopic (exact) mass is 284 g/mol. The van der Waals surface area contributed by atoms with Crippen LogP contribution in [0.3, 0.4) is 0 Å². The van der Waals surface area contributed by atoms with Gasteiger partial charge in [-0.3, -0.25) is 14.6 Å². The minimum Gasteiger partial charge on any atom is -0.299 e. The van der Waals surface area contributed by atoms with Crippen molar-refractivity contribution < 1.29 is 0 Å². The third-order valence-corrected chi connectivity index (χ3v) is 3.00. The molecule has 2 aromatic heterocycles. The summed E-state index contributed by atoms with van der Waals surface area (Å²) in [4.78, 5) is 4.27. The van der Waals surface area contributed by atoms with E-state index in [1.54, 1.807) is 6.20 Å². The molecule has 0 fully saturated rings. The minimum atomic E-state index is 0.616. The van der Waals surface area contributed by atoms with E-state index in [9.17, 15) is 0 Å². The number of nitrogens with one attached hydrogen (secondary N) is 1. The van der Waals surface area contributed by atoms with Gasteiger partial charge >= 0.3 is 0 Å². The van der Waals surface area contributed by atoms with Gasteiger partial charge < -0.3 is 0 Å². The zero-order chi connectivity index (χ0) is 10.8. The second-order valence-corrected chi connectivity index (χ2v) is 4.17. The Morgan fingerprint density at radius 1 is 1.60 bits per heavy atom. The van der Waals surface area contributed by atoms with Crippen molar-refractivity contribution in [2.75, 3.05) is 0 Å². The molecule has 0 aromatic carbocycles. The van der Waals surface area contributed by atoms with Crippen LogP contribution in [0.1, 0.15) is 6.92 Å². The molecule has 0 spiro atoms. The van der Waals surface area contributed by atoms with Crippen molar-refractivity contribution in [3.05, 3.63) is 27.6 Å². The van der Waals surface area contributed by atoms with Crippen LogP contribution in [0.4, 0.5) is 0 Å². The van der Waals surface area contributed by atoms with Gasteiger partial charge in [-0.05, 0) is 47.2 Å². The third-order valence-electron chi connectivity index (χ3n) is 2.04. The number of hydrogen-bond acceptors (Lipinski definition) is 3. The van der Waals surface area contributed by atoms with Gasteiger partial charge in [-0.1, -0.05) is 0 Å². The van der Waals surface area contributed by atoms with Crippen LogP contribution in [0.5, 0.6) is 0 Å². The largest absolute Gasteiger partial charge is 0.299 e. The van der Waals surface area contributed by atoms with E-state index < -0.39 is 0 Å². The maximum absolute atomic E-state index is 5.12. The molecule has 6 heteroatoms. The summed E-state index contributed by atoms with van der Waals surface area (Å²) < 4.78 is 3.43. The number of pyridine rings is 1. The molecule has 0 unspecified atom stereocenters. The fourth-order valence-corrected chi connectivity index (χ4v) is 2.04. The third kappa shape index (κ3) is 1.87. The first-order valence-corrected chi connectivity index (χ1v) is 5.70. The lowest BCUT2D eigenvalue weighted by Crippen LogP contribution is -1.99. The number of halogens is 1. The quantitative estimate of drug-likeness (QED) is 0.863. The highest BCUT2D eigenvalue weighted by atomic mass is 79.9. The first-order valence-electron chi connectivity index (χ1n) is 4.50. The summed E-state index contributed by atoms with van der Waals surface area (Å²) in [5.74, 6) is 0.759. The summed E-state index contributed by atoms with van der Waals surface area (Å²) in [6, 6.07) is 3.80. The molecular formula is C9H9BrN4S. The highest BCUT2D eigenvalue weighted by Gasteiger charge is 2.11. The molecule has 0 aliphatic rings. The summed E-state index contributed by atoms with van der Waals surface area (Å²) >= 11 is 8.56. The zero-order valence-corrected chi connectivity index (χ0v) is 10.5. The van der Waals surface area contributed by atoms with Crippen LogP contribution in [0.15, 0.2) is 22.8 Å². The summed E-state index contributed by atoms with van der Waals surface area (Å²) in [5, 5.41) is 6.94. The van der Waals surface area contributed by atoms with E-state index in [-0.39, 0.29) is 0 Å². The number of rotatable bonds is 2. The van der Waals surface area contributed by atoms with E-state index in [4.69, 9.17) is 12.2 Å². The first-order chi connectivity index (χ1) is 7.24. The van der Waals surface area contributed by atoms with Gasteiger partial charge in [0.15, 0.2) is 10.6 Å². The van der Waals surface area contributed by atoms with E-state index in [1.807, 2.05) is 23.6 Å². The average Bonchev–Trinajstić information content (AvgIpc) is 2.60. The number of aromatic amines is 1. The Bertz CT molecular complexity index is 531. The molecule has 0 amide bonds. The van der Waals surface area contributed by atoms with Crippen molar-refractivity contribution in [2.45, 2.75) is 13.5 Å². The van der Waals surface area contributed by atoms with E-state index in [0.717, 1.165) is 22.5 Å². The smallest absolute Gasteiger partial charge is 0.195 e. The van der Waals surface area contributed by atoms with Crippen LogP contribution in [-0.4, -0.2) is 19.7 Å². The molecule has 0 radical (unpaired) electrons. The fraction of sp³-hybridized carbons (Fsp3) is 0.222. The molecule has 2 aromatic rings. The second-order valence-electron chi connectivity index (χ2n) is 2.93. The topological polar surface area (TPSA) is 46.5 Å². The lowest BCUT2D eigenvalue weighted by atomic mass is 10.3. The van der Waals surface area contributed by atoms with Crippen molar-refractivity contribution in [3.8, 4) is 11.5 Å². The summed E-state index contributed by atoms with van der Waals surface area (Å²) in [6.07, 6.45) is 1.73. The highest BCUT2D eigenvalue weighted by molar-refractivity contribution is 9.10. The average molecular weight is 285 g/mol. The lowest BCUT2D eigenvalue weighted by Gasteiger charge is -2.03. The number of H-pyrrole nitrogens is 1. The molecule has 0 saturated heterocycles. The summed E-state index contributed by atoms with van der Waals surface area (Å²) in [7, 11) is 0. The Hall–Kier alpha value is -1.01. The molecule has 4 nitrogen and oxygen atoms in total. The van der Waals surface area contributed by atoms with Crippen LogP contribution in [0.2, 0.25) is 0 Å². The minimum absolute atomic E-state index is 0.616. The van der Waals surface area contributed by atoms with Crippen LogP contribution < -0.4 is 0 Å². The zero-order valence-electron chi connectivity index (χ0n) is 8.07. The molecular weight excluding hydrogens is 276 g/mol. The number of hydrogen-bond donors (Lipinski definition) is 1. The maximum atomic E-state index is 5.12. The van der Waals surface area contributed by atoms with E-state index in [2.05, 4.69) is 31.1 Å². The van der Waals surface area contributed by atoms with Crippen LogP contribution in [0, 0.1) is 4.77 Å². The Labute approximate surface area is 100 Å². The van der Waals surface area contributed by atoms with Crippen LogP contribution in [0.25, 0.3) is 11.5 Å². The molecule has 0 saturated carbocycles. The molecule has 78 valence electrons. The van der Waals surface area contributed by atoms with Crippen molar-refractivity contribution in [3.63, 3.8) is 0 Å². The van der Waals surface area contributed by atoms with Gasteiger partial charge in [-0.25, -0.2) is 0 Å². The van der Waals surface area contributed by atoms with E-state index >= 15 is 0 Å². The van der Waals surface area contributed by atoms with Gasteiger partial charge in [0.25, 0.3) is 0 Å². The highest BCUT2D eigenvalue weighted by Crippen LogP contribution is 2.23. The van der Waals surface area contributed by atoms with Crippen molar-refractivity contribution in [1.82, 2.24) is 19.7 Å².